The summed E-state index contributed by atoms with van der Waals surface area (Å²) in [7, 11) is 2.06. The van der Waals surface area contributed by atoms with Gasteiger partial charge in [-0.3, -0.25) is 4.90 Å². The molecule has 0 bridgehead atoms. The fourth-order valence-corrected chi connectivity index (χ4v) is 2.37. The predicted octanol–water partition coefficient (Wildman–Crippen LogP) is 3.55. The molecule has 0 heterocycles. The van der Waals surface area contributed by atoms with Crippen LogP contribution in [0.25, 0.3) is 0 Å². The minimum atomic E-state index is -0.467. The molecule has 0 amide bonds. The molecule has 2 rings (SSSR count). The highest BCUT2D eigenvalue weighted by Gasteiger charge is 2.20. The molecule has 0 aliphatic carbocycles. The first-order valence-electron chi connectivity index (χ1n) is 7.07. The summed E-state index contributed by atoms with van der Waals surface area (Å²) in [6.07, 6.45) is -0.467. The Kier molecular flexibility index (Phi) is 4.94. The molecule has 106 valence electrons. The van der Waals surface area contributed by atoms with Crippen LogP contribution >= 0.6 is 0 Å². The van der Waals surface area contributed by atoms with Crippen LogP contribution in [0.2, 0.25) is 0 Å². The van der Waals surface area contributed by atoms with E-state index in [2.05, 4.69) is 50.1 Å². The third-order valence-corrected chi connectivity index (χ3v) is 3.97. The first-order chi connectivity index (χ1) is 9.59. The number of rotatable bonds is 5. The van der Waals surface area contributed by atoms with E-state index in [1.807, 2.05) is 30.3 Å². The maximum Gasteiger partial charge on any atom is 0.0942 e. The van der Waals surface area contributed by atoms with E-state index >= 15 is 0 Å². The Bertz CT molecular complexity index is 538. The number of aliphatic hydroxyl groups is 1. The molecule has 0 saturated heterocycles. The van der Waals surface area contributed by atoms with Crippen molar-refractivity contribution in [1.29, 1.82) is 0 Å². The van der Waals surface area contributed by atoms with Crippen LogP contribution in [-0.4, -0.2) is 23.1 Å². The fraction of sp³-hybridized carbons (Fsp3) is 0.333. The second kappa shape index (κ2) is 6.69. The number of hydrogen-bond acceptors (Lipinski definition) is 2. The maximum absolute atomic E-state index is 10.5. The fourth-order valence-electron chi connectivity index (χ4n) is 2.37. The number of likely N-dealkylation sites (N-methyl/N-ethyl adjacent to an activating group) is 1. The van der Waals surface area contributed by atoms with Crippen molar-refractivity contribution < 1.29 is 5.11 Å². The highest BCUT2D eigenvalue weighted by atomic mass is 16.3. The first kappa shape index (κ1) is 14.8. The molecule has 0 aliphatic rings. The van der Waals surface area contributed by atoms with E-state index in [0.717, 1.165) is 12.1 Å². The first-order valence-corrected chi connectivity index (χ1v) is 7.07. The number of aliphatic hydroxyl groups excluding tert-OH is 1. The van der Waals surface area contributed by atoms with Gasteiger partial charge in [-0.05, 0) is 37.6 Å². The molecule has 0 fully saturated rings. The average molecular weight is 269 g/mol. The molecule has 2 heteroatoms. The lowest BCUT2D eigenvalue weighted by Crippen LogP contribution is -2.34. The molecule has 2 unspecified atom stereocenters. The smallest absolute Gasteiger partial charge is 0.0942 e. The summed E-state index contributed by atoms with van der Waals surface area (Å²) in [6, 6.07) is 18.3. The van der Waals surface area contributed by atoms with Gasteiger partial charge >= 0.3 is 0 Å². The number of hydrogen-bond donors (Lipinski definition) is 1. The molecule has 2 aromatic rings. The molecule has 2 aromatic carbocycles. The molecule has 0 aliphatic heterocycles. The van der Waals surface area contributed by atoms with Gasteiger partial charge in [0.05, 0.1) is 6.10 Å². The third-order valence-electron chi connectivity index (χ3n) is 3.97. The van der Waals surface area contributed by atoms with Gasteiger partial charge in [-0.15, -0.1) is 0 Å². The van der Waals surface area contributed by atoms with Crippen molar-refractivity contribution >= 4 is 0 Å². The molecule has 20 heavy (non-hydrogen) atoms. The van der Waals surface area contributed by atoms with E-state index in [1.54, 1.807) is 0 Å². The summed E-state index contributed by atoms with van der Waals surface area (Å²) in [5.74, 6) is 0. The molecule has 0 radical (unpaired) electrons. The molecule has 0 saturated carbocycles. The van der Waals surface area contributed by atoms with E-state index in [0.29, 0.717) is 0 Å². The van der Waals surface area contributed by atoms with Crippen LogP contribution < -0.4 is 0 Å². The summed E-state index contributed by atoms with van der Waals surface area (Å²) < 4.78 is 0. The molecular weight excluding hydrogens is 246 g/mol. The highest BCUT2D eigenvalue weighted by molar-refractivity contribution is 5.25. The van der Waals surface area contributed by atoms with Gasteiger partial charge in [0.15, 0.2) is 0 Å². The molecular formula is C18H23NO. The summed E-state index contributed by atoms with van der Waals surface area (Å²) in [5, 5.41) is 10.5. The van der Waals surface area contributed by atoms with Gasteiger partial charge in [0.1, 0.15) is 0 Å². The monoisotopic (exact) mass is 269 g/mol. The van der Waals surface area contributed by atoms with Crippen LogP contribution in [0.15, 0.2) is 54.6 Å². The van der Waals surface area contributed by atoms with Gasteiger partial charge in [-0.2, -0.15) is 0 Å². The van der Waals surface area contributed by atoms with Crippen LogP contribution in [0.1, 0.15) is 29.7 Å². The Morgan fingerprint density at radius 1 is 1.00 bits per heavy atom. The van der Waals surface area contributed by atoms with Gasteiger partial charge in [0.2, 0.25) is 0 Å². The summed E-state index contributed by atoms with van der Waals surface area (Å²) in [6.45, 7) is 5.04. The summed E-state index contributed by atoms with van der Waals surface area (Å²) >= 11 is 0. The number of benzene rings is 2. The Morgan fingerprint density at radius 3 is 2.25 bits per heavy atom. The zero-order valence-corrected chi connectivity index (χ0v) is 12.5. The lowest BCUT2D eigenvalue weighted by atomic mass is 10.0. The van der Waals surface area contributed by atoms with Gasteiger partial charge in [-0.1, -0.05) is 54.6 Å². The lowest BCUT2D eigenvalue weighted by Gasteiger charge is -2.29. The molecule has 0 spiro atoms. The van der Waals surface area contributed by atoms with E-state index in [1.165, 1.54) is 11.1 Å². The van der Waals surface area contributed by atoms with Crippen molar-refractivity contribution in [2.24, 2.45) is 0 Å². The Morgan fingerprint density at radius 2 is 1.60 bits per heavy atom. The van der Waals surface area contributed by atoms with E-state index in [9.17, 15) is 5.11 Å². The number of aryl methyl sites for hydroxylation is 1. The maximum atomic E-state index is 10.5. The normalized spacial score (nSPS) is 14.2. The van der Waals surface area contributed by atoms with E-state index < -0.39 is 6.10 Å². The Balaban J connectivity index is 2.05. The zero-order chi connectivity index (χ0) is 14.5. The van der Waals surface area contributed by atoms with Crippen molar-refractivity contribution in [2.75, 3.05) is 7.05 Å². The Hall–Kier alpha value is -1.64. The second-order valence-electron chi connectivity index (χ2n) is 5.44. The Labute approximate surface area is 121 Å². The minimum absolute atomic E-state index is 0.0667. The third kappa shape index (κ3) is 3.47. The van der Waals surface area contributed by atoms with E-state index in [4.69, 9.17) is 0 Å². The minimum Gasteiger partial charge on any atom is -0.387 e. The van der Waals surface area contributed by atoms with Gasteiger partial charge in [0.25, 0.3) is 0 Å². The summed E-state index contributed by atoms with van der Waals surface area (Å²) in [5.41, 5.74) is 3.57. The molecule has 1 N–H and O–H groups in total. The van der Waals surface area contributed by atoms with Gasteiger partial charge < -0.3 is 5.11 Å². The molecule has 2 atom stereocenters. The second-order valence-corrected chi connectivity index (χ2v) is 5.44. The van der Waals surface area contributed by atoms with Crippen molar-refractivity contribution in [1.82, 2.24) is 4.90 Å². The zero-order valence-electron chi connectivity index (χ0n) is 12.5. The van der Waals surface area contributed by atoms with Crippen molar-refractivity contribution in [3.05, 3.63) is 71.3 Å². The van der Waals surface area contributed by atoms with Crippen LogP contribution in [0.5, 0.6) is 0 Å². The van der Waals surface area contributed by atoms with Gasteiger partial charge in [0, 0.05) is 12.6 Å². The van der Waals surface area contributed by atoms with Crippen molar-refractivity contribution in [3.8, 4) is 0 Å². The van der Waals surface area contributed by atoms with Gasteiger partial charge in [-0.25, -0.2) is 0 Å². The van der Waals surface area contributed by atoms with Crippen LogP contribution in [-0.2, 0) is 6.54 Å². The SMILES string of the molecule is Cc1ccccc1CN(C)C(C)C(O)c1ccccc1. The average Bonchev–Trinajstić information content (AvgIpc) is 2.49. The molecule has 0 aromatic heterocycles. The quantitative estimate of drug-likeness (QED) is 0.897. The van der Waals surface area contributed by atoms with Crippen LogP contribution in [0.4, 0.5) is 0 Å². The lowest BCUT2D eigenvalue weighted by molar-refractivity contribution is 0.0687. The standard InChI is InChI=1S/C18H23NO/c1-14-9-7-8-12-17(14)13-19(3)15(2)18(20)16-10-5-4-6-11-16/h4-12,15,18,20H,13H2,1-3H3. The van der Waals surface area contributed by atoms with Crippen molar-refractivity contribution in [2.45, 2.75) is 32.5 Å². The van der Waals surface area contributed by atoms with Crippen LogP contribution in [0.3, 0.4) is 0 Å². The highest BCUT2D eigenvalue weighted by Crippen LogP contribution is 2.21. The van der Waals surface area contributed by atoms with Crippen LogP contribution in [0, 0.1) is 6.92 Å². The number of nitrogens with zero attached hydrogens (tertiary/aromatic N) is 1. The molecule has 2 nitrogen and oxygen atoms in total. The largest absolute Gasteiger partial charge is 0.387 e. The van der Waals surface area contributed by atoms with E-state index in [-0.39, 0.29) is 6.04 Å². The van der Waals surface area contributed by atoms with Crippen molar-refractivity contribution in [3.63, 3.8) is 0 Å². The summed E-state index contributed by atoms with van der Waals surface area (Å²) in [4.78, 5) is 2.19. The predicted molar refractivity (Wildman–Crippen MR) is 83.5 cm³/mol. The topological polar surface area (TPSA) is 23.5 Å².